The molecule has 1 heterocycles. The van der Waals surface area contributed by atoms with E-state index in [0.717, 1.165) is 22.4 Å². The minimum atomic E-state index is -0.946. The minimum Gasteiger partial charge on any atom is -0.382 e. The molecule has 1 atom stereocenters. The second kappa shape index (κ2) is 4.58. The first-order chi connectivity index (χ1) is 8.41. The summed E-state index contributed by atoms with van der Waals surface area (Å²) < 4.78 is 13.9. The topological polar surface area (TPSA) is 36.0 Å². The smallest absolute Gasteiger partial charge is 0.129 e. The normalized spacial score (nSPS) is 12.8. The van der Waals surface area contributed by atoms with E-state index in [1.54, 1.807) is 12.1 Å². The van der Waals surface area contributed by atoms with Gasteiger partial charge in [0.25, 0.3) is 0 Å². The van der Waals surface area contributed by atoms with Crippen LogP contribution >= 0.6 is 0 Å². The highest BCUT2D eigenvalue weighted by molar-refractivity contribution is 5.40. The zero-order chi connectivity index (χ0) is 13.4. The van der Waals surface area contributed by atoms with Gasteiger partial charge in [0.1, 0.15) is 11.9 Å². The van der Waals surface area contributed by atoms with Gasteiger partial charge in [-0.25, -0.2) is 4.39 Å². The van der Waals surface area contributed by atoms with Crippen molar-refractivity contribution in [1.82, 2.24) is 4.98 Å². The molecular formula is C15H18FNO. The first kappa shape index (κ1) is 12.8. The van der Waals surface area contributed by atoms with Crippen molar-refractivity contribution in [1.29, 1.82) is 0 Å². The van der Waals surface area contributed by atoms with Crippen molar-refractivity contribution in [2.45, 2.75) is 33.8 Å². The number of aliphatic hydroxyl groups is 1. The van der Waals surface area contributed by atoms with Crippen molar-refractivity contribution in [3.63, 3.8) is 0 Å². The predicted octanol–water partition coefficient (Wildman–Crippen LogP) is 3.47. The van der Waals surface area contributed by atoms with Crippen LogP contribution in [0.1, 0.15) is 39.7 Å². The molecule has 0 aliphatic rings. The van der Waals surface area contributed by atoms with E-state index in [1.165, 1.54) is 6.07 Å². The summed E-state index contributed by atoms with van der Waals surface area (Å²) in [4.78, 5) is 3.14. The van der Waals surface area contributed by atoms with Crippen LogP contribution in [-0.2, 0) is 0 Å². The maximum absolute atomic E-state index is 13.9. The van der Waals surface area contributed by atoms with Gasteiger partial charge in [-0.15, -0.1) is 0 Å². The van der Waals surface area contributed by atoms with Gasteiger partial charge in [-0.05, 0) is 50.5 Å². The maximum atomic E-state index is 13.9. The molecule has 18 heavy (non-hydrogen) atoms. The first-order valence-electron chi connectivity index (χ1n) is 6.01. The van der Waals surface area contributed by atoms with Gasteiger partial charge in [-0.2, -0.15) is 0 Å². The third-order valence-electron chi connectivity index (χ3n) is 3.58. The largest absolute Gasteiger partial charge is 0.382 e. The van der Waals surface area contributed by atoms with Crippen molar-refractivity contribution < 1.29 is 9.50 Å². The van der Waals surface area contributed by atoms with Gasteiger partial charge >= 0.3 is 0 Å². The Morgan fingerprint density at radius 1 is 1.11 bits per heavy atom. The SMILES string of the molecule is Cc1ccc(C(O)c2[nH]c(C)c(C)c2C)c(F)c1. The lowest BCUT2D eigenvalue weighted by molar-refractivity contribution is 0.210. The number of aromatic nitrogens is 1. The summed E-state index contributed by atoms with van der Waals surface area (Å²) in [6.45, 7) is 7.70. The van der Waals surface area contributed by atoms with Crippen molar-refractivity contribution in [2.75, 3.05) is 0 Å². The van der Waals surface area contributed by atoms with Gasteiger partial charge in [0.2, 0.25) is 0 Å². The Kier molecular flexibility index (Phi) is 3.26. The van der Waals surface area contributed by atoms with Crippen LogP contribution in [0.25, 0.3) is 0 Å². The summed E-state index contributed by atoms with van der Waals surface area (Å²) in [5, 5.41) is 10.3. The summed E-state index contributed by atoms with van der Waals surface area (Å²) in [6, 6.07) is 4.89. The number of H-pyrrole nitrogens is 1. The molecule has 2 aromatic rings. The fourth-order valence-electron chi connectivity index (χ4n) is 2.16. The molecule has 2 rings (SSSR count). The number of aryl methyl sites for hydroxylation is 2. The van der Waals surface area contributed by atoms with E-state index in [0.29, 0.717) is 11.3 Å². The van der Waals surface area contributed by atoms with Crippen molar-refractivity contribution in [3.8, 4) is 0 Å². The van der Waals surface area contributed by atoms with E-state index in [-0.39, 0.29) is 5.82 Å². The Balaban J connectivity index is 2.47. The lowest BCUT2D eigenvalue weighted by Gasteiger charge is -2.12. The molecule has 3 heteroatoms. The molecule has 2 nitrogen and oxygen atoms in total. The van der Waals surface area contributed by atoms with Crippen LogP contribution < -0.4 is 0 Å². The summed E-state index contributed by atoms with van der Waals surface area (Å²) in [7, 11) is 0. The number of halogens is 1. The van der Waals surface area contributed by atoms with Crippen LogP contribution in [0.4, 0.5) is 4.39 Å². The predicted molar refractivity (Wildman–Crippen MR) is 70.2 cm³/mol. The molecule has 0 bridgehead atoms. The summed E-state index contributed by atoms with van der Waals surface area (Å²) in [5.41, 5.74) is 4.93. The molecule has 0 radical (unpaired) electrons. The molecule has 2 N–H and O–H groups in total. The standard InChI is InChI=1S/C15H18FNO/c1-8-5-6-12(13(16)7-8)15(18)14-10(3)9(2)11(4)17-14/h5-7,15,17-18H,1-4H3. The summed E-state index contributed by atoms with van der Waals surface area (Å²) in [5.74, 6) is -0.369. The maximum Gasteiger partial charge on any atom is 0.129 e. The molecular weight excluding hydrogens is 229 g/mol. The Labute approximate surface area is 106 Å². The van der Waals surface area contributed by atoms with Crippen LogP contribution in [0.15, 0.2) is 18.2 Å². The quantitative estimate of drug-likeness (QED) is 0.837. The summed E-state index contributed by atoms with van der Waals surface area (Å²) in [6.07, 6.45) is -0.946. The number of aliphatic hydroxyl groups excluding tert-OH is 1. The van der Waals surface area contributed by atoms with Gasteiger partial charge in [-0.3, -0.25) is 0 Å². The zero-order valence-corrected chi connectivity index (χ0v) is 11.1. The third kappa shape index (κ3) is 2.06. The number of hydrogen-bond donors (Lipinski definition) is 2. The molecule has 0 spiro atoms. The number of aromatic amines is 1. The van der Waals surface area contributed by atoms with E-state index in [1.807, 2.05) is 27.7 Å². The highest BCUT2D eigenvalue weighted by Gasteiger charge is 2.20. The summed E-state index contributed by atoms with van der Waals surface area (Å²) >= 11 is 0. The van der Waals surface area contributed by atoms with Gasteiger partial charge in [0, 0.05) is 11.3 Å². The van der Waals surface area contributed by atoms with E-state index in [2.05, 4.69) is 4.98 Å². The molecule has 0 aliphatic carbocycles. The number of rotatable bonds is 2. The van der Waals surface area contributed by atoms with Crippen molar-refractivity contribution in [3.05, 3.63) is 57.7 Å². The average Bonchev–Trinajstić information content (AvgIpc) is 2.56. The number of benzene rings is 1. The average molecular weight is 247 g/mol. The Morgan fingerprint density at radius 3 is 2.28 bits per heavy atom. The molecule has 96 valence electrons. The third-order valence-corrected chi connectivity index (χ3v) is 3.58. The van der Waals surface area contributed by atoms with Crippen LogP contribution in [-0.4, -0.2) is 10.1 Å². The van der Waals surface area contributed by atoms with Gasteiger partial charge in [-0.1, -0.05) is 12.1 Å². The van der Waals surface area contributed by atoms with Gasteiger partial charge in [0.05, 0.1) is 5.69 Å². The van der Waals surface area contributed by atoms with Crippen LogP contribution in [0, 0.1) is 33.5 Å². The van der Waals surface area contributed by atoms with Crippen LogP contribution in [0.2, 0.25) is 0 Å². The number of nitrogens with one attached hydrogen (secondary N) is 1. The molecule has 0 aliphatic heterocycles. The molecule has 0 saturated carbocycles. The molecule has 1 aromatic heterocycles. The lowest BCUT2D eigenvalue weighted by Crippen LogP contribution is -2.05. The van der Waals surface area contributed by atoms with Crippen molar-refractivity contribution >= 4 is 0 Å². The van der Waals surface area contributed by atoms with E-state index < -0.39 is 6.10 Å². The number of hydrogen-bond acceptors (Lipinski definition) is 1. The van der Waals surface area contributed by atoms with E-state index in [9.17, 15) is 9.50 Å². The fourth-order valence-corrected chi connectivity index (χ4v) is 2.16. The molecule has 1 unspecified atom stereocenters. The van der Waals surface area contributed by atoms with Crippen LogP contribution in [0.3, 0.4) is 0 Å². The lowest BCUT2D eigenvalue weighted by atomic mass is 10.0. The molecule has 0 amide bonds. The second-order valence-electron chi connectivity index (χ2n) is 4.84. The van der Waals surface area contributed by atoms with E-state index >= 15 is 0 Å². The molecule has 1 aromatic carbocycles. The second-order valence-corrected chi connectivity index (χ2v) is 4.84. The molecule has 0 saturated heterocycles. The first-order valence-corrected chi connectivity index (χ1v) is 6.01. The monoisotopic (exact) mass is 247 g/mol. The van der Waals surface area contributed by atoms with Crippen LogP contribution in [0.5, 0.6) is 0 Å². The highest BCUT2D eigenvalue weighted by atomic mass is 19.1. The Hall–Kier alpha value is -1.61. The Morgan fingerprint density at radius 2 is 1.78 bits per heavy atom. The Bertz CT molecular complexity index is 586. The minimum absolute atomic E-state index is 0.310. The van der Waals surface area contributed by atoms with Gasteiger partial charge < -0.3 is 10.1 Å². The molecule has 0 fully saturated rings. The van der Waals surface area contributed by atoms with Gasteiger partial charge in [0.15, 0.2) is 0 Å². The zero-order valence-electron chi connectivity index (χ0n) is 11.1. The van der Waals surface area contributed by atoms with Crippen molar-refractivity contribution in [2.24, 2.45) is 0 Å². The fraction of sp³-hybridized carbons (Fsp3) is 0.333. The highest BCUT2D eigenvalue weighted by Crippen LogP contribution is 2.29. The van der Waals surface area contributed by atoms with E-state index in [4.69, 9.17) is 0 Å².